The molecule has 0 aromatic heterocycles. The Labute approximate surface area is 77.9 Å². The van der Waals surface area contributed by atoms with Crippen molar-refractivity contribution < 1.29 is 9.90 Å². The minimum absolute atomic E-state index is 0.247. The van der Waals surface area contributed by atoms with Crippen LogP contribution in [0.15, 0.2) is 4.99 Å². The Hall–Kier alpha value is -0.660. The molecular formula is C10H15NO2. The highest BCUT2D eigenvalue weighted by Crippen LogP contribution is 2.54. The molecule has 0 atom stereocenters. The van der Waals surface area contributed by atoms with Crippen molar-refractivity contribution in [2.24, 2.45) is 10.9 Å². The Kier molecular flexibility index (Phi) is 1.83. The molecule has 0 aliphatic heterocycles. The number of hydrogen-bond acceptors (Lipinski definition) is 3. The van der Waals surface area contributed by atoms with Crippen LogP contribution in [0.1, 0.15) is 39.0 Å². The van der Waals surface area contributed by atoms with E-state index < -0.39 is 5.60 Å². The molecule has 0 unspecified atom stereocenters. The molecule has 2 fully saturated rings. The number of aliphatic hydroxyl groups is 1. The first-order valence-electron chi connectivity index (χ1n) is 4.89. The summed E-state index contributed by atoms with van der Waals surface area (Å²) in [6, 6.07) is 0. The smallest absolute Gasteiger partial charge is 0.235 e. The molecular weight excluding hydrogens is 166 g/mol. The normalized spacial score (nSPS) is 44.5. The fourth-order valence-electron chi connectivity index (χ4n) is 2.76. The van der Waals surface area contributed by atoms with Gasteiger partial charge in [-0.05, 0) is 25.7 Å². The van der Waals surface area contributed by atoms with Crippen LogP contribution in [0.3, 0.4) is 0 Å². The molecule has 2 aliphatic rings. The van der Waals surface area contributed by atoms with Gasteiger partial charge in [-0.2, -0.15) is 4.99 Å². The van der Waals surface area contributed by atoms with E-state index in [1.807, 2.05) is 6.92 Å². The second-order valence-electron chi connectivity index (χ2n) is 4.78. The van der Waals surface area contributed by atoms with E-state index in [0.29, 0.717) is 18.8 Å². The number of rotatable bonds is 2. The Morgan fingerprint density at radius 2 is 2.08 bits per heavy atom. The lowest BCUT2D eigenvalue weighted by Crippen LogP contribution is -2.59. The minimum atomic E-state index is -0.601. The first-order valence-corrected chi connectivity index (χ1v) is 4.89. The van der Waals surface area contributed by atoms with E-state index in [0.717, 1.165) is 12.8 Å². The van der Waals surface area contributed by atoms with E-state index in [1.165, 1.54) is 6.42 Å². The van der Waals surface area contributed by atoms with Crippen molar-refractivity contribution in [1.82, 2.24) is 0 Å². The number of nitrogens with zero attached hydrogens (tertiary/aromatic N) is 1. The summed E-state index contributed by atoms with van der Waals surface area (Å²) in [4.78, 5) is 14.2. The zero-order valence-corrected chi connectivity index (χ0v) is 7.92. The van der Waals surface area contributed by atoms with Gasteiger partial charge in [0.25, 0.3) is 0 Å². The fourth-order valence-corrected chi connectivity index (χ4v) is 2.76. The molecule has 0 amide bonds. The third-order valence-electron chi connectivity index (χ3n) is 3.51. The topological polar surface area (TPSA) is 49.7 Å². The Bertz CT molecular complexity index is 254. The summed E-state index contributed by atoms with van der Waals surface area (Å²) >= 11 is 0. The van der Waals surface area contributed by atoms with E-state index in [1.54, 1.807) is 6.08 Å². The third kappa shape index (κ3) is 1.32. The first kappa shape index (κ1) is 8.92. The van der Waals surface area contributed by atoms with Crippen LogP contribution in [0, 0.1) is 5.92 Å². The van der Waals surface area contributed by atoms with Crippen molar-refractivity contribution in [2.75, 3.05) is 0 Å². The van der Waals surface area contributed by atoms with E-state index in [-0.39, 0.29) is 5.54 Å². The molecule has 0 heterocycles. The molecule has 0 bridgehead atoms. The van der Waals surface area contributed by atoms with E-state index in [4.69, 9.17) is 0 Å². The molecule has 1 N–H and O–H groups in total. The summed E-state index contributed by atoms with van der Waals surface area (Å²) in [7, 11) is 0. The maximum atomic E-state index is 10.3. The van der Waals surface area contributed by atoms with Crippen LogP contribution in [-0.4, -0.2) is 22.3 Å². The molecule has 2 rings (SSSR count). The molecule has 3 nitrogen and oxygen atoms in total. The molecule has 72 valence electrons. The quantitative estimate of drug-likeness (QED) is 0.517. The van der Waals surface area contributed by atoms with Gasteiger partial charge in [-0.3, -0.25) is 0 Å². The van der Waals surface area contributed by atoms with Crippen LogP contribution in [0.5, 0.6) is 0 Å². The molecule has 2 saturated carbocycles. The second kappa shape index (κ2) is 2.66. The molecule has 0 spiro atoms. The van der Waals surface area contributed by atoms with Crippen LogP contribution < -0.4 is 0 Å². The number of isocyanates is 1. The average Bonchev–Trinajstić information content (AvgIpc) is 1.78. The second-order valence-corrected chi connectivity index (χ2v) is 4.78. The molecule has 13 heavy (non-hydrogen) atoms. The molecule has 0 radical (unpaired) electrons. The van der Waals surface area contributed by atoms with Crippen LogP contribution >= 0.6 is 0 Å². The number of carbonyl (C=O) groups excluding carboxylic acids is 1. The van der Waals surface area contributed by atoms with Crippen molar-refractivity contribution in [3.63, 3.8) is 0 Å². The van der Waals surface area contributed by atoms with Gasteiger partial charge in [0.2, 0.25) is 6.08 Å². The summed E-state index contributed by atoms with van der Waals surface area (Å²) in [5.41, 5.74) is -0.848. The monoisotopic (exact) mass is 181 g/mol. The SMILES string of the molecule is CC1(O)CC(N=C=O)(C2CCC2)C1. The lowest BCUT2D eigenvalue weighted by Gasteiger charge is -2.54. The van der Waals surface area contributed by atoms with Gasteiger partial charge in [0.05, 0.1) is 11.1 Å². The maximum absolute atomic E-state index is 10.3. The summed E-state index contributed by atoms with van der Waals surface area (Å²) in [6.45, 7) is 1.81. The van der Waals surface area contributed by atoms with Crippen LogP contribution in [0.4, 0.5) is 0 Å². The zero-order valence-electron chi connectivity index (χ0n) is 7.92. The summed E-state index contributed by atoms with van der Waals surface area (Å²) in [6.07, 6.45) is 6.49. The van der Waals surface area contributed by atoms with E-state index in [9.17, 15) is 9.90 Å². The zero-order chi connectivity index (χ0) is 9.53. The minimum Gasteiger partial charge on any atom is -0.390 e. The van der Waals surface area contributed by atoms with Crippen LogP contribution in [0.2, 0.25) is 0 Å². The summed E-state index contributed by atoms with van der Waals surface area (Å²) < 4.78 is 0. The molecule has 0 aromatic rings. The average molecular weight is 181 g/mol. The summed E-state index contributed by atoms with van der Waals surface area (Å²) in [5.74, 6) is 0.522. The van der Waals surface area contributed by atoms with Gasteiger partial charge in [-0.15, -0.1) is 0 Å². The highest BCUT2D eigenvalue weighted by atomic mass is 16.3. The van der Waals surface area contributed by atoms with Crippen molar-refractivity contribution in [3.8, 4) is 0 Å². The predicted molar refractivity (Wildman–Crippen MR) is 48.1 cm³/mol. The van der Waals surface area contributed by atoms with Crippen molar-refractivity contribution >= 4 is 6.08 Å². The van der Waals surface area contributed by atoms with E-state index in [2.05, 4.69) is 4.99 Å². The lowest BCUT2D eigenvalue weighted by molar-refractivity contribution is -0.103. The number of aliphatic imine (C=N–C) groups is 1. The largest absolute Gasteiger partial charge is 0.390 e. The van der Waals surface area contributed by atoms with Crippen molar-refractivity contribution in [3.05, 3.63) is 0 Å². The first-order chi connectivity index (χ1) is 6.08. The third-order valence-corrected chi connectivity index (χ3v) is 3.51. The van der Waals surface area contributed by atoms with Gasteiger partial charge in [-0.25, -0.2) is 4.79 Å². The van der Waals surface area contributed by atoms with Gasteiger partial charge in [0.1, 0.15) is 0 Å². The van der Waals surface area contributed by atoms with Gasteiger partial charge in [0, 0.05) is 12.8 Å². The highest BCUT2D eigenvalue weighted by Gasteiger charge is 2.56. The molecule has 3 heteroatoms. The van der Waals surface area contributed by atoms with Gasteiger partial charge >= 0.3 is 0 Å². The van der Waals surface area contributed by atoms with Gasteiger partial charge in [-0.1, -0.05) is 6.42 Å². The lowest BCUT2D eigenvalue weighted by atomic mass is 9.55. The predicted octanol–water partition coefficient (Wildman–Crippen LogP) is 1.41. The molecule has 2 aliphatic carbocycles. The standard InChI is InChI=1S/C10H15NO2/c1-9(13)5-10(6-9,11-7-12)8-3-2-4-8/h8,13H,2-6H2,1H3. The number of hydrogen-bond donors (Lipinski definition) is 1. The summed E-state index contributed by atoms with van der Waals surface area (Å²) in [5, 5.41) is 9.65. The van der Waals surface area contributed by atoms with Crippen LogP contribution in [0.25, 0.3) is 0 Å². The van der Waals surface area contributed by atoms with Crippen molar-refractivity contribution in [2.45, 2.75) is 50.2 Å². The Morgan fingerprint density at radius 3 is 2.38 bits per heavy atom. The molecule has 0 saturated heterocycles. The van der Waals surface area contributed by atoms with Crippen molar-refractivity contribution in [1.29, 1.82) is 0 Å². The van der Waals surface area contributed by atoms with E-state index >= 15 is 0 Å². The Morgan fingerprint density at radius 1 is 1.46 bits per heavy atom. The van der Waals surface area contributed by atoms with Gasteiger partial charge < -0.3 is 5.11 Å². The van der Waals surface area contributed by atoms with Gasteiger partial charge in [0.15, 0.2) is 0 Å². The maximum Gasteiger partial charge on any atom is 0.235 e. The van der Waals surface area contributed by atoms with Crippen LogP contribution in [-0.2, 0) is 4.79 Å². The highest BCUT2D eigenvalue weighted by molar-refractivity contribution is 5.37. The fraction of sp³-hybridized carbons (Fsp3) is 0.900. The Balaban J connectivity index is 2.10. The molecule has 0 aromatic carbocycles.